The van der Waals surface area contributed by atoms with Gasteiger partial charge in [-0.25, -0.2) is 4.98 Å². The SMILES string of the molecule is Cc1cnc(Oc2cccc3c2NCCC3)c(Br)c1. The molecule has 1 aromatic heterocycles. The van der Waals surface area contributed by atoms with E-state index in [2.05, 4.69) is 32.3 Å². The van der Waals surface area contributed by atoms with Gasteiger partial charge in [0.25, 0.3) is 0 Å². The van der Waals surface area contributed by atoms with E-state index in [4.69, 9.17) is 4.74 Å². The Morgan fingerprint density at radius 1 is 1.37 bits per heavy atom. The van der Waals surface area contributed by atoms with Crippen LogP contribution in [0.25, 0.3) is 0 Å². The number of halogens is 1. The number of para-hydroxylation sites is 1. The van der Waals surface area contributed by atoms with Crippen LogP contribution in [0.4, 0.5) is 5.69 Å². The van der Waals surface area contributed by atoms with Gasteiger partial charge in [-0.05, 0) is 59.0 Å². The first kappa shape index (κ1) is 12.5. The number of nitrogens with zero attached hydrogens (tertiary/aromatic N) is 1. The maximum absolute atomic E-state index is 5.94. The lowest BCUT2D eigenvalue weighted by Gasteiger charge is -2.21. The van der Waals surface area contributed by atoms with Crippen molar-refractivity contribution >= 4 is 21.6 Å². The molecule has 0 bridgehead atoms. The molecule has 3 nitrogen and oxygen atoms in total. The van der Waals surface area contributed by atoms with Gasteiger partial charge in [0.05, 0.1) is 10.2 Å². The highest BCUT2D eigenvalue weighted by atomic mass is 79.9. The smallest absolute Gasteiger partial charge is 0.233 e. The molecule has 2 heterocycles. The molecule has 19 heavy (non-hydrogen) atoms. The number of hydrogen-bond donors (Lipinski definition) is 1. The van der Waals surface area contributed by atoms with Gasteiger partial charge < -0.3 is 10.1 Å². The van der Waals surface area contributed by atoms with E-state index in [1.807, 2.05) is 31.3 Å². The number of anilines is 1. The molecule has 0 atom stereocenters. The normalized spacial score (nSPS) is 13.6. The zero-order chi connectivity index (χ0) is 13.2. The molecule has 1 aliphatic rings. The van der Waals surface area contributed by atoms with Crippen LogP contribution < -0.4 is 10.1 Å². The monoisotopic (exact) mass is 318 g/mol. The Balaban J connectivity index is 1.95. The van der Waals surface area contributed by atoms with Crippen molar-refractivity contribution in [1.29, 1.82) is 0 Å². The van der Waals surface area contributed by atoms with Crippen molar-refractivity contribution < 1.29 is 4.74 Å². The largest absolute Gasteiger partial charge is 0.436 e. The molecular formula is C15H15BrN2O. The minimum absolute atomic E-state index is 0.603. The van der Waals surface area contributed by atoms with E-state index in [1.54, 1.807) is 0 Å². The summed E-state index contributed by atoms with van der Waals surface area (Å²) in [6.07, 6.45) is 4.08. The van der Waals surface area contributed by atoms with Crippen molar-refractivity contribution in [3.05, 3.63) is 46.1 Å². The van der Waals surface area contributed by atoms with Gasteiger partial charge in [-0.2, -0.15) is 0 Å². The lowest BCUT2D eigenvalue weighted by molar-refractivity contribution is 0.459. The molecule has 3 rings (SSSR count). The summed E-state index contributed by atoms with van der Waals surface area (Å²) in [6, 6.07) is 8.16. The first-order valence-electron chi connectivity index (χ1n) is 6.40. The second-order valence-electron chi connectivity index (χ2n) is 4.72. The van der Waals surface area contributed by atoms with Gasteiger partial charge in [0.1, 0.15) is 0 Å². The van der Waals surface area contributed by atoms with E-state index in [9.17, 15) is 0 Å². The van der Waals surface area contributed by atoms with Crippen LogP contribution in [0.5, 0.6) is 11.6 Å². The number of nitrogens with one attached hydrogen (secondary N) is 1. The first-order chi connectivity index (χ1) is 9.24. The van der Waals surface area contributed by atoms with E-state index in [1.165, 1.54) is 12.0 Å². The third-order valence-electron chi connectivity index (χ3n) is 3.19. The Labute approximate surface area is 121 Å². The summed E-state index contributed by atoms with van der Waals surface area (Å²) < 4.78 is 6.82. The van der Waals surface area contributed by atoms with E-state index < -0.39 is 0 Å². The van der Waals surface area contributed by atoms with Crippen molar-refractivity contribution in [2.45, 2.75) is 19.8 Å². The molecule has 0 radical (unpaired) electrons. The van der Waals surface area contributed by atoms with Crippen LogP contribution in [0.3, 0.4) is 0 Å². The molecule has 1 aliphatic heterocycles. The molecular weight excluding hydrogens is 304 g/mol. The van der Waals surface area contributed by atoms with Crippen LogP contribution in [0.2, 0.25) is 0 Å². The molecule has 0 amide bonds. The Morgan fingerprint density at radius 3 is 3.11 bits per heavy atom. The van der Waals surface area contributed by atoms with Crippen LogP contribution >= 0.6 is 15.9 Å². The molecule has 0 unspecified atom stereocenters. The Kier molecular flexibility index (Phi) is 3.42. The third-order valence-corrected chi connectivity index (χ3v) is 3.76. The molecule has 0 spiro atoms. The number of fused-ring (bicyclic) bond motifs is 1. The highest BCUT2D eigenvalue weighted by molar-refractivity contribution is 9.10. The molecule has 0 fully saturated rings. The highest BCUT2D eigenvalue weighted by Gasteiger charge is 2.15. The van der Waals surface area contributed by atoms with Gasteiger partial charge >= 0.3 is 0 Å². The highest BCUT2D eigenvalue weighted by Crippen LogP contribution is 2.36. The van der Waals surface area contributed by atoms with Gasteiger partial charge in [-0.3, -0.25) is 0 Å². The maximum Gasteiger partial charge on any atom is 0.233 e. The standard InChI is InChI=1S/C15H15BrN2O/c1-10-8-12(16)15(18-9-10)19-13-6-2-4-11-5-3-7-17-14(11)13/h2,4,6,8-9,17H,3,5,7H2,1H3. The number of aromatic nitrogens is 1. The Morgan fingerprint density at radius 2 is 2.26 bits per heavy atom. The summed E-state index contributed by atoms with van der Waals surface area (Å²) in [5.41, 5.74) is 3.52. The summed E-state index contributed by atoms with van der Waals surface area (Å²) in [5.74, 6) is 1.45. The van der Waals surface area contributed by atoms with E-state index >= 15 is 0 Å². The van der Waals surface area contributed by atoms with Gasteiger partial charge in [0, 0.05) is 12.7 Å². The molecule has 4 heteroatoms. The molecule has 1 N–H and O–H groups in total. The van der Waals surface area contributed by atoms with Crippen LogP contribution in [-0.2, 0) is 6.42 Å². The first-order valence-corrected chi connectivity index (χ1v) is 7.19. The van der Waals surface area contributed by atoms with Crippen LogP contribution in [0.15, 0.2) is 34.9 Å². The minimum Gasteiger partial charge on any atom is -0.436 e. The fourth-order valence-corrected chi connectivity index (χ4v) is 2.81. The minimum atomic E-state index is 0.603. The lowest BCUT2D eigenvalue weighted by atomic mass is 10.0. The number of aryl methyl sites for hydroxylation is 2. The van der Waals surface area contributed by atoms with Crippen LogP contribution in [-0.4, -0.2) is 11.5 Å². The average molecular weight is 319 g/mol. The van der Waals surface area contributed by atoms with Gasteiger partial charge in [0.15, 0.2) is 5.75 Å². The van der Waals surface area contributed by atoms with Gasteiger partial charge in [0.2, 0.25) is 5.88 Å². The van der Waals surface area contributed by atoms with Crippen molar-refractivity contribution in [3.8, 4) is 11.6 Å². The number of pyridine rings is 1. The molecule has 2 aromatic rings. The number of ether oxygens (including phenoxy) is 1. The maximum atomic E-state index is 5.94. The zero-order valence-electron chi connectivity index (χ0n) is 10.7. The second-order valence-corrected chi connectivity index (χ2v) is 5.58. The quantitative estimate of drug-likeness (QED) is 0.896. The fraction of sp³-hybridized carbons (Fsp3) is 0.267. The van der Waals surface area contributed by atoms with E-state index in [-0.39, 0.29) is 0 Å². The molecule has 0 saturated heterocycles. The van der Waals surface area contributed by atoms with Gasteiger partial charge in [-0.15, -0.1) is 0 Å². The average Bonchev–Trinajstić information content (AvgIpc) is 2.42. The Bertz CT molecular complexity index is 613. The van der Waals surface area contributed by atoms with Crippen molar-refractivity contribution in [1.82, 2.24) is 4.98 Å². The summed E-state index contributed by atoms with van der Waals surface area (Å²) in [5, 5.41) is 3.41. The zero-order valence-corrected chi connectivity index (χ0v) is 12.3. The van der Waals surface area contributed by atoms with Gasteiger partial charge in [-0.1, -0.05) is 12.1 Å². The fourth-order valence-electron chi connectivity index (χ4n) is 2.26. The lowest BCUT2D eigenvalue weighted by Crippen LogP contribution is -2.12. The van der Waals surface area contributed by atoms with Crippen molar-refractivity contribution in [3.63, 3.8) is 0 Å². The summed E-state index contributed by atoms with van der Waals surface area (Å²) >= 11 is 3.49. The van der Waals surface area contributed by atoms with E-state index in [0.717, 1.165) is 34.4 Å². The second kappa shape index (κ2) is 5.21. The number of rotatable bonds is 2. The van der Waals surface area contributed by atoms with Crippen LogP contribution in [0, 0.1) is 6.92 Å². The topological polar surface area (TPSA) is 34.1 Å². The third kappa shape index (κ3) is 2.59. The predicted octanol–water partition coefficient (Wildman–Crippen LogP) is 4.30. The number of hydrogen-bond acceptors (Lipinski definition) is 3. The summed E-state index contributed by atoms with van der Waals surface area (Å²) in [6.45, 7) is 3.00. The Hall–Kier alpha value is -1.55. The summed E-state index contributed by atoms with van der Waals surface area (Å²) in [4.78, 5) is 4.33. The molecule has 0 aliphatic carbocycles. The van der Waals surface area contributed by atoms with Crippen molar-refractivity contribution in [2.75, 3.05) is 11.9 Å². The molecule has 98 valence electrons. The van der Waals surface area contributed by atoms with Crippen molar-refractivity contribution in [2.24, 2.45) is 0 Å². The predicted molar refractivity (Wildman–Crippen MR) is 80.0 cm³/mol. The molecule has 1 aromatic carbocycles. The number of benzene rings is 1. The van der Waals surface area contributed by atoms with E-state index in [0.29, 0.717) is 5.88 Å². The summed E-state index contributed by atoms with van der Waals surface area (Å²) in [7, 11) is 0. The van der Waals surface area contributed by atoms with Crippen LogP contribution in [0.1, 0.15) is 17.5 Å². The molecule has 0 saturated carbocycles.